The Kier molecular flexibility index (Phi) is 5.55. The molecule has 1 heterocycles. The van der Waals surface area contributed by atoms with E-state index in [1.165, 1.54) is 21.5 Å². The molecule has 31 heavy (non-hydrogen) atoms. The van der Waals surface area contributed by atoms with Gasteiger partial charge in [0.1, 0.15) is 11.2 Å². The molecule has 1 aromatic heterocycles. The third kappa shape index (κ3) is 3.78. The molecule has 0 radical (unpaired) electrons. The number of fused-ring (bicyclic) bond motifs is 7. The van der Waals surface area contributed by atoms with Crippen LogP contribution in [-0.2, 0) is 5.90 Å². The summed E-state index contributed by atoms with van der Waals surface area (Å²) in [4.78, 5) is 0. The molecule has 0 aliphatic rings. The first-order chi connectivity index (χ1) is 15.0. The summed E-state index contributed by atoms with van der Waals surface area (Å²) < 4.78 is 13.4. The summed E-state index contributed by atoms with van der Waals surface area (Å²) in [7, 11) is -1.24. The van der Waals surface area contributed by atoms with Crippen molar-refractivity contribution in [3.8, 4) is 0 Å². The first-order valence-corrected chi connectivity index (χ1v) is 14.0. The van der Waals surface area contributed by atoms with Gasteiger partial charge in [0.05, 0.1) is 5.90 Å². The summed E-state index contributed by atoms with van der Waals surface area (Å²) in [5, 5.41) is 7.20. The molecule has 0 bridgehead atoms. The van der Waals surface area contributed by atoms with E-state index in [2.05, 4.69) is 100 Å². The Bertz CT molecular complexity index is 1330. The number of hydrogen-bond donors (Lipinski definition) is 0. The normalized spacial score (nSPS) is 12.2. The lowest BCUT2D eigenvalue weighted by Crippen LogP contribution is -2.02. The predicted molar refractivity (Wildman–Crippen MR) is 139 cm³/mol. The highest BCUT2D eigenvalue weighted by molar-refractivity contribution is 7.67. The van der Waals surface area contributed by atoms with Crippen LogP contribution in [0.15, 0.2) is 81.2 Å². The van der Waals surface area contributed by atoms with Crippen molar-refractivity contribution in [3.05, 3.63) is 72.8 Å². The number of rotatable bonds is 4. The van der Waals surface area contributed by atoms with E-state index in [1.807, 2.05) is 0 Å². The van der Waals surface area contributed by atoms with Crippen LogP contribution in [0.4, 0.5) is 0 Å². The Labute approximate surface area is 185 Å². The highest BCUT2D eigenvalue weighted by atomic mass is 31.2. The molecule has 0 saturated heterocycles. The van der Waals surface area contributed by atoms with E-state index in [0.29, 0.717) is 11.3 Å². The summed E-state index contributed by atoms with van der Waals surface area (Å²) in [6, 6.07) is 25.8. The Morgan fingerprint density at radius 3 is 1.55 bits per heavy atom. The van der Waals surface area contributed by atoms with E-state index in [0.717, 1.165) is 27.8 Å². The van der Waals surface area contributed by atoms with Gasteiger partial charge in [-0.25, -0.2) is 0 Å². The zero-order valence-corrected chi connectivity index (χ0v) is 20.3. The van der Waals surface area contributed by atoms with Crippen molar-refractivity contribution in [3.63, 3.8) is 0 Å². The van der Waals surface area contributed by atoms with Crippen molar-refractivity contribution < 1.29 is 8.39 Å². The summed E-state index contributed by atoms with van der Waals surface area (Å²) in [6.45, 7) is 9.34. The summed E-state index contributed by atoms with van der Waals surface area (Å²) >= 11 is 0. The third-order valence-electron chi connectivity index (χ3n) is 6.04. The lowest BCUT2D eigenvalue weighted by Gasteiger charge is -2.24. The van der Waals surface area contributed by atoms with Gasteiger partial charge in [-0.1, -0.05) is 96.3 Å². The fourth-order valence-corrected chi connectivity index (χ4v) is 10.6. The lowest BCUT2D eigenvalue weighted by atomic mass is 9.99. The van der Waals surface area contributed by atoms with Gasteiger partial charge in [-0.2, -0.15) is 0 Å². The Morgan fingerprint density at radius 1 is 0.645 bits per heavy atom. The Balaban J connectivity index is 1.94. The fraction of sp³-hybridized carbons (Fsp3) is 0.259. The average Bonchev–Trinajstić information content (AvgIpc) is 2.93. The molecular weight excluding hydrogens is 418 g/mol. The van der Waals surface area contributed by atoms with Gasteiger partial charge in [0.25, 0.3) is 0 Å². The lowest BCUT2D eigenvalue weighted by molar-refractivity contribution is 0.642. The largest absolute Gasteiger partial charge is 0.419 e. The van der Waals surface area contributed by atoms with E-state index in [4.69, 9.17) is 8.39 Å². The molecule has 0 aliphatic heterocycles. The van der Waals surface area contributed by atoms with Gasteiger partial charge in [-0.05, 0) is 45.0 Å². The molecule has 4 heteroatoms. The zero-order valence-electron chi connectivity index (χ0n) is 18.5. The second-order valence-electron chi connectivity index (χ2n) is 8.68. The van der Waals surface area contributed by atoms with Crippen molar-refractivity contribution in [1.82, 2.24) is 0 Å². The van der Waals surface area contributed by atoms with Crippen LogP contribution < -0.4 is 0 Å². The minimum atomic E-state index is -1.06. The fourth-order valence-electron chi connectivity index (χ4n) is 4.52. The number of benzene rings is 4. The summed E-state index contributed by atoms with van der Waals surface area (Å²) in [5.74, 6) is 0.999. The molecule has 2 nitrogen and oxygen atoms in total. The monoisotopic (exact) mass is 446 g/mol. The van der Waals surface area contributed by atoms with Gasteiger partial charge in [-0.15, -0.1) is 0 Å². The van der Waals surface area contributed by atoms with Crippen LogP contribution in [0.25, 0.3) is 43.5 Å². The minimum Gasteiger partial charge on any atom is -0.419 e. The average molecular weight is 446 g/mol. The van der Waals surface area contributed by atoms with Crippen LogP contribution in [0.5, 0.6) is 0 Å². The van der Waals surface area contributed by atoms with Crippen molar-refractivity contribution in [1.29, 1.82) is 0 Å². The van der Waals surface area contributed by atoms with Gasteiger partial charge in [0.15, 0.2) is 0 Å². The van der Waals surface area contributed by atoms with Crippen molar-refractivity contribution in [2.24, 2.45) is 0 Å². The van der Waals surface area contributed by atoms with Crippen LogP contribution in [-0.4, -0.2) is 11.3 Å². The molecule has 4 aromatic carbocycles. The highest BCUT2D eigenvalue weighted by Gasteiger charge is 2.20. The van der Waals surface area contributed by atoms with E-state index < -0.39 is 8.01 Å². The van der Waals surface area contributed by atoms with E-state index in [1.54, 1.807) is 0 Å². The molecule has 0 N–H and O–H groups in total. The van der Waals surface area contributed by atoms with Gasteiger partial charge >= 0.3 is 0 Å². The molecule has 0 fully saturated rings. The van der Waals surface area contributed by atoms with Crippen molar-refractivity contribution >= 4 is 59.4 Å². The van der Waals surface area contributed by atoms with Crippen LogP contribution >= 0.6 is 15.9 Å². The van der Waals surface area contributed by atoms with E-state index in [-0.39, 0.29) is 7.92 Å². The summed E-state index contributed by atoms with van der Waals surface area (Å²) in [6.07, 6.45) is 0. The maximum atomic E-state index is 6.69. The quantitative estimate of drug-likeness (QED) is 0.257. The van der Waals surface area contributed by atoms with Gasteiger partial charge < -0.3 is 8.39 Å². The minimum absolute atomic E-state index is 0.182. The van der Waals surface area contributed by atoms with Crippen LogP contribution in [0.1, 0.15) is 27.7 Å². The SMILES string of the molecule is CC(C)P(Cp1oc2ccc3ccccc3c2c2c(ccc3ccccc32)o1)C(C)C. The molecule has 0 aliphatic carbocycles. The maximum absolute atomic E-state index is 6.69. The molecule has 5 rings (SSSR count). The van der Waals surface area contributed by atoms with Crippen LogP contribution in [0.2, 0.25) is 0 Å². The third-order valence-corrected chi connectivity index (χ3v) is 11.7. The second kappa shape index (κ2) is 8.34. The van der Waals surface area contributed by atoms with E-state index in [9.17, 15) is 0 Å². The van der Waals surface area contributed by atoms with E-state index >= 15 is 0 Å². The highest BCUT2D eigenvalue weighted by Crippen LogP contribution is 2.56. The van der Waals surface area contributed by atoms with Gasteiger partial charge in [-0.3, -0.25) is 0 Å². The molecule has 0 unspecified atom stereocenters. The van der Waals surface area contributed by atoms with Crippen LogP contribution in [0.3, 0.4) is 0 Å². The molecule has 0 amide bonds. The molecule has 158 valence electrons. The molecule has 0 spiro atoms. The molecule has 0 atom stereocenters. The maximum Gasteiger partial charge on any atom is 0.221 e. The molecular formula is C27H28O2P2. The first kappa shape index (κ1) is 20.6. The molecule has 0 saturated carbocycles. The Morgan fingerprint density at radius 2 is 1.10 bits per heavy atom. The number of hydrogen-bond acceptors (Lipinski definition) is 2. The molecule has 5 aromatic rings. The van der Waals surface area contributed by atoms with Crippen molar-refractivity contribution in [2.45, 2.75) is 44.9 Å². The second-order valence-corrected chi connectivity index (χ2v) is 13.9. The van der Waals surface area contributed by atoms with Crippen LogP contribution in [0, 0.1) is 0 Å². The standard InChI is InChI=1S/C27H28O2P2/c1-18(2)30(19(3)4)17-31-28-24-15-13-20-9-5-7-11-22(20)26(24)27-23-12-8-6-10-21(23)14-16-25(27)29-31/h5-16,18-19H,17H2,1-4H3. The van der Waals surface area contributed by atoms with Gasteiger partial charge in [0.2, 0.25) is 8.01 Å². The topological polar surface area (TPSA) is 26.3 Å². The zero-order chi connectivity index (χ0) is 21.5. The smallest absolute Gasteiger partial charge is 0.221 e. The predicted octanol–water partition coefficient (Wildman–Crippen LogP) is 9.85. The van der Waals surface area contributed by atoms with Gasteiger partial charge in [0, 0.05) is 10.8 Å². The first-order valence-electron chi connectivity index (χ1n) is 11.0. The summed E-state index contributed by atoms with van der Waals surface area (Å²) in [5.41, 5.74) is 3.20. The Hall–Kier alpha value is -2.27. The van der Waals surface area contributed by atoms with Crippen molar-refractivity contribution in [2.75, 3.05) is 0 Å².